The molecule has 0 spiro atoms. The zero-order valence-corrected chi connectivity index (χ0v) is 19.3. The minimum absolute atomic E-state index is 0.0959. The van der Waals surface area contributed by atoms with Crippen molar-refractivity contribution in [2.75, 3.05) is 6.54 Å². The van der Waals surface area contributed by atoms with Gasteiger partial charge in [0.25, 0.3) is 0 Å². The average Bonchev–Trinajstić information content (AvgIpc) is 3.47. The van der Waals surface area contributed by atoms with Crippen molar-refractivity contribution in [3.63, 3.8) is 0 Å². The highest BCUT2D eigenvalue weighted by Gasteiger charge is 2.31. The Hall–Kier alpha value is -2.23. The molecule has 168 valence electrons. The lowest BCUT2D eigenvalue weighted by atomic mass is 10.1. The zero-order valence-electron chi connectivity index (χ0n) is 17.6. The molecule has 2 N–H and O–H groups in total. The van der Waals surface area contributed by atoms with Crippen LogP contribution in [0.2, 0.25) is 0 Å². The lowest BCUT2D eigenvalue weighted by molar-refractivity contribution is -0.140. The molecule has 0 aliphatic heterocycles. The van der Waals surface area contributed by atoms with Crippen LogP contribution < -0.4 is 10.0 Å². The third-order valence-electron chi connectivity index (χ3n) is 5.46. The van der Waals surface area contributed by atoms with Crippen LogP contribution in [0.1, 0.15) is 43.9 Å². The molecular formula is C22H29N3O4S2. The van der Waals surface area contributed by atoms with E-state index in [1.54, 1.807) is 18.2 Å². The number of sulfonamides is 1. The predicted molar refractivity (Wildman–Crippen MR) is 121 cm³/mol. The third-order valence-corrected chi connectivity index (χ3v) is 7.74. The lowest BCUT2D eigenvalue weighted by Gasteiger charge is -2.31. The molecule has 0 saturated heterocycles. The quantitative estimate of drug-likeness (QED) is 0.566. The molecule has 0 radical (unpaired) electrons. The summed E-state index contributed by atoms with van der Waals surface area (Å²) in [5.41, 5.74) is 0. The first-order valence-corrected chi connectivity index (χ1v) is 12.9. The maximum absolute atomic E-state index is 13.1. The van der Waals surface area contributed by atoms with Gasteiger partial charge in [-0.1, -0.05) is 44.0 Å². The number of thiophene rings is 1. The van der Waals surface area contributed by atoms with Crippen LogP contribution >= 0.6 is 11.3 Å². The molecule has 1 saturated carbocycles. The number of rotatable bonds is 10. The summed E-state index contributed by atoms with van der Waals surface area (Å²) in [6.45, 7) is 1.72. The van der Waals surface area contributed by atoms with Crippen LogP contribution in [0, 0.1) is 0 Å². The molecule has 1 aliphatic rings. The summed E-state index contributed by atoms with van der Waals surface area (Å²) in [6.07, 6.45) is 4.55. The van der Waals surface area contributed by atoms with Crippen molar-refractivity contribution in [3.8, 4) is 0 Å². The summed E-state index contributed by atoms with van der Waals surface area (Å²) in [4.78, 5) is 28.6. The van der Waals surface area contributed by atoms with Gasteiger partial charge in [0.05, 0.1) is 18.0 Å². The maximum atomic E-state index is 13.1. The first-order chi connectivity index (χ1) is 14.9. The van der Waals surface area contributed by atoms with Crippen molar-refractivity contribution >= 4 is 33.2 Å². The number of nitrogens with zero attached hydrogens (tertiary/aromatic N) is 1. The van der Waals surface area contributed by atoms with E-state index in [0.29, 0.717) is 6.42 Å². The predicted octanol–water partition coefficient (Wildman–Crippen LogP) is 2.89. The molecule has 2 amide bonds. The number of amides is 2. The number of benzene rings is 1. The van der Waals surface area contributed by atoms with Gasteiger partial charge in [0.2, 0.25) is 21.8 Å². The van der Waals surface area contributed by atoms with E-state index in [4.69, 9.17) is 0 Å². The number of carbonyl (C=O) groups is 2. The Kier molecular flexibility index (Phi) is 8.22. The second kappa shape index (κ2) is 10.9. The standard InChI is InChI=1S/C22H29N3O4S2/c1-2-20(22(27)24-17-9-6-7-10-17)25(16-18-11-8-14-30-18)21(26)15-23-31(28,29)19-12-4-3-5-13-19/h3-5,8,11-14,17,20,23H,2,6-7,9-10,15-16H2,1H3,(H,24,27)/t20-/m1/s1. The second-order valence-electron chi connectivity index (χ2n) is 7.65. The van der Waals surface area contributed by atoms with Gasteiger partial charge in [0.1, 0.15) is 6.04 Å². The molecule has 7 nitrogen and oxygen atoms in total. The molecule has 1 fully saturated rings. The fraction of sp³-hybridized carbons (Fsp3) is 0.455. The lowest BCUT2D eigenvalue weighted by Crippen LogP contribution is -2.52. The molecule has 1 heterocycles. The Morgan fingerprint density at radius 3 is 2.45 bits per heavy atom. The Morgan fingerprint density at radius 1 is 1.13 bits per heavy atom. The number of hydrogen-bond donors (Lipinski definition) is 2. The summed E-state index contributed by atoms with van der Waals surface area (Å²) in [6, 6.07) is 11.2. The van der Waals surface area contributed by atoms with Gasteiger partial charge in [-0.05, 0) is 42.8 Å². The van der Waals surface area contributed by atoms with Crippen LogP contribution in [0.15, 0.2) is 52.7 Å². The van der Waals surface area contributed by atoms with E-state index < -0.39 is 28.5 Å². The van der Waals surface area contributed by atoms with Crippen molar-refractivity contribution in [1.29, 1.82) is 0 Å². The van der Waals surface area contributed by atoms with Crippen molar-refractivity contribution in [3.05, 3.63) is 52.7 Å². The van der Waals surface area contributed by atoms with Crippen LogP contribution in [-0.2, 0) is 26.2 Å². The van der Waals surface area contributed by atoms with Crippen molar-refractivity contribution < 1.29 is 18.0 Å². The maximum Gasteiger partial charge on any atom is 0.243 e. The monoisotopic (exact) mass is 463 g/mol. The number of carbonyl (C=O) groups excluding carboxylic acids is 2. The molecule has 31 heavy (non-hydrogen) atoms. The van der Waals surface area contributed by atoms with E-state index in [1.807, 2.05) is 24.4 Å². The van der Waals surface area contributed by atoms with Crippen LogP contribution in [0.5, 0.6) is 0 Å². The van der Waals surface area contributed by atoms with Gasteiger partial charge in [-0.2, -0.15) is 0 Å². The molecular weight excluding hydrogens is 434 g/mol. The van der Waals surface area contributed by atoms with Crippen molar-refractivity contribution in [2.24, 2.45) is 0 Å². The van der Waals surface area contributed by atoms with E-state index in [0.717, 1.165) is 30.6 Å². The van der Waals surface area contributed by atoms with E-state index in [-0.39, 0.29) is 23.4 Å². The van der Waals surface area contributed by atoms with Crippen LogP contribution in [-0.4, -0.2) is 43.8 Å². The van der Waals surface area contributed by atoms with Gasteiger partial charge in [0, 0.05) is 10.9 Å². The summed E-state index contributed by atoms with van der Waals surface area (Å²) in [5, 5.41) is 4.99. The zero-order chi connectivity index (χ0) is 22.3. The minimum atomic E-state index is -3.82. The molecule has 1 aliphatic carbocycles. The molecule has 0 bridgehead atoms. The SMILES string of the molecule is CC[C@H](C(=O)NC1CCCC1)N(Cc1cccs1)C(=O)CNS(=O)(=O)c1ccccc1. The van der Waals surface area contributed by atoms with Crippen molar-refractivity contribution in [2.45, 2.75) is 62.6 Å². The van der Waals surface area contributed by atoms with Gasteiger partial charge in [-0.15, -0.1) is 11.3 Å². The molecule has 1 atom stereocenters. The minimum Gasteiger partial charge on any atom is -0.352 e. The van der Waals surface area contributed by atoms with Crippen LogP contribution in [0.3, 0.4) is 0 Å². The number of nitrogens with one attached hydrogen (secondary N) is 2. The molecule has 3 rings (SSSR count). The highest BCUT2D eigenvalue weighted by molar-refractivity contribution is 7.89. The largest absolute Gasteiger partial charge is 0.352 e. The summed E-state index contributed by atoms with van der Waals surface area (Å²) < 4.78 is 27.4. The number of hydrogen-bond acceptors (Lipinski definition) is 5. The van der Waals surface area contributed by atoms with E-state index in [9.17, 15) is 18.0 Å². The van der Waals surface area contributed by atoms with Gasteiger partial charge < -0.3 is 10.2 Å². The summed E-state index contributed by atoms with van der Waals surface area (Å²) in [7, 11) is -3.82. The topological polar surface area (TPSA) is 95.6 Å². The van der Waals surface area contributed by atoms with E-state index >= 15 is 0 Å². The molecule has 2 aromatic rings. The Labute approximate surface area is 187 Å². The first kappa shape index (κ1) is 23.4. The van der Waals surface area contributed by atoms with Gasteiger partial charge in [0.15, 0.2) is 0 Å². The van der Waals surface area contributed by atoms with Gasteiger partial charge in [-0.25, -0.2) is 13.1 Å². The van der Waals surface area contributed by atoms with Crippen LogP contribution in [0.25, 0.3) is 0 Å². The fourth-order valence-corrected chi connectivity index (χ4v) is 5.50. The van der Waals surface area contributed by atoms with E-state index in [2.05, 4.69) is 10.0 Å². The van der Waals surface area contributed by atoms with Crippen LogP contribution in [0.4, 0.5) is 0 Å². The molecule has 9 heteroatoms. The summed E-state index contributed by atoms with van der Waals surface area (Å²) >= 11 is 1.50. The Morgan fingerprint density at radius 2 is 1.84 bits per heavy atom. The Bertz CT molecular complexity index is 956. The van der Waals surface area contributed by atoms with E-state index in [1.165, 1.54) is 28.4 Å². The summed E-state index contributed by atoms with van der Waals surface area (Å²) in [5.74, 6) is -0.605. The smallest absolute Gasteiger partial charge is 0.243 e. The first-order valence-electron chi connectivity index (χ1n) is 10.6. The van der Waals surface area contributed by atoms with Gasteiger partial charge in [-0.3, -0.25) is 9.59 Å². The third kappa shape index (κ3) is 6.38. The van der Waals surface area contributed by atoms with Gasteiger partial charge >= 0.3 is 0 Å². The normalized spacial score (nSPS) is 15.5. The molecule has 1 aromatic carbocycles. The molecule has 1 aromatic heterocycles. The second-order valence-corrected chi connectivity index (χ2v) is 10.5. The average molecular weight is 464 g/mol. The van der Waals surface area contributed by atoms with Crippen molar-refractivity contribution in [1.82, 2.24) is 14.9 Å². The fourth-order valence-electron chi connectivity index (χ4n) is 3.80. The highest BCUT2D eigenvalue weighted by Crippen LogP contribution is 2.20. The highest BCUT2D eigenvalue weighted by atomic mass is 32.2. The molecule has 0 unspecified atom stereocenters. The Balaban J connectivity index is 1.73.